The van der Waals surface area contributed by atoms with Crippen molar-refractivity contribution < 1.29 is 0 Å². The fourth-order valence-corrected chi connectivity index (χ4v) is 1.57. The van der Waals surface area contributed by atoms with E-state index in [1.165, 1.54) is 0 Å². The monoisotopic (exact) mass is 180 g/mol. The molecule has 2 heterocycles. The molecule has 0 bridgehead atoms. The first kappa shape index (κ1) is 7.50. The van der Waals surface area contributed by atoms with E-state index in [2.05, 4.69) is 0 Å². The van der Waals surface area contributed by atoms with Gasteiger partial charge in [0, 0.05) is 11.8 Å². The normalized spacial score (nSPS) is 10.8. The maximum Gasteiger partial charge on any atom is 0.118 e. The zero-order valence-electron chi connectivity index (χ0n) is 6.71. The van der Waals surface area contributed by atoms with Crippen LogP contribution in [0.15, 0.2) is 24.4 Å². The van der Waals surface area contributed by atoms with Crippen molar-refractivity contribution in [2.24, 2.45) is 0 Å². The Morgan fingerprint density at radius 1 is 1.42 bits per heavy atom. The van der Waals surface area contributed by atoms with Crippen LogP contribution in [0, 0.1) is 6.92 Å². The SMILES string of the molecule is Cc1c(N)c2ccccn2c1Cl. The number of hydrogen-bond donors (Lipinski definition) is 1. The van der Waals surface area contributed by atoms with Crippen molar-refractivity contribution in [1.29, 1.82) is 0 Å². The molecule has 0 aliphatic carbocycles. The predicted octanol–water partition coefficient (Wildman–Crippen LogP) is 2.48. The Hall–Kier alpha value is -1.15. The summed E-state index contributed by atoms with van der Waals surface area (Å²) in [4.78, 5) is 0. The van der Waals surface area contributed by atoms with Crippen LogP contribution in [-0.2, 0) is 0 Å². The summed E-state index contributed by atoms with van der Waals surface area (Å²) in [5.74, 6) is 0. The van der Waals surface area contributed by atoms with Gasteiger partial charge in [-0.25, -0.2) is 0 Å². The van der Waals surface area contributed by atoms with E-state index in [-0.39, 0.29) is 0 Å². The number of hydrogen-bond acceptors (Lipinski definition) is 1. The van der Waals surface area contributed by atoms with Crippen molar-refractivity contribution >= 4 is 22.8 Å². The molecule has 0 aliphatic heterocycles. The molecule has 2 N–H and O–H groups in total. The summed E-state index contributed by atoms with van der Waals surface area (Å²) < 4.78 is 1.88. The molecule has 0 saturated carbocycles. The van der Waals surface area contributed by atoms with Crippen molar-refractivity contribution in [1.82, 2.24) is 4.40 Å². The fraction of sp³-hybridized carbons (Fsp3) is 0.111. The first-order valence-electron chi connectivity index (χ1n) is 3.72. The van der Waals surface area contributed by atoms with Gasteiger partial charge in [0.1, 0.15) is 5.15 Å². The molecule has 0 amide bonds. The van der Waals surface area contributed by atoms with E-state index >= 15 is 0 Å². The Bertz CT molecular complexity index is 392. The molecule has 0 saturated heterocycles. The molecule has 0 fully saturated rings. The van der Waals surface area contributed by atoms with E-state index in [1.807, 2.05) is 35.7 Å². The summed E-state index contributed by atoms with van der Waals surface area (Å²) in [6, 6.07) is 5.83. The molecule has 0 radical (unpaired) electrons. The average molecular weight is 181 g/mol. The number of nitrogens with zero attached hydrogens (tertiary/aromatic N) is 1. The highest BCUT2D eigenvalue weighted by Gasteiger charge is 2.08. The highest BCUT2D eigenvalue weighted by Crippen LogP contribution is 2.28. The van der Waals surface area contributed by atoms with Gasteiger partial charge in [0.05, 0.1) is 11.2 Å². The van der Waals surface area contributed by atoms with Gasteiger partial charge in [0.2, 0.25) is 0 Å². The summed E-state index contributed by atoms with van der Waals surface area (Å²) >= 11 is 6.03. The number of aromatic nitrogens is 1. The summed E-state index contributed by atoms with van der Waals surface area (Å²) in [5.41, 5.74) is 8.52. The molecule has 0 spiro atoms. The third kappa shape index (κ3) is 0.816. The van der Waals surface area contributed by atoms with E-state index < -0.39 is 0 Å². The summed E-state index contributed by atoms with van der Waals surface area (Å²) in [6.07, 6.45) is 1.90. The van der Waals surface area contributed by atoms with Gasteiger partial charge < -0.3 is 10.1 Å². The molecule has 2 aromatic heterocycles. The molecular formula is C9H9ClN2. The first-order chi connectivity index (χ1) is 5.72. The lowest BCUT2D eigenvalue weighted by Gasteiger charge is -1.93. The summed E-state index contributed by atoms with van der Waals surface area (Å²) in [5, 5.41) is 0.697. The number of halogens is 1. The number of nitrogens with two attached hydrogens (primary N) is 1. The molecule has 2 rings (SSSR count). The number of nitrogen functional groups attached to an aromatic ring is 1. The van der Waals surface area contributed by atoms with Crippen molar-refractivity contribution in [3.63, 3.8) is 0 Å². The van der Waals surface area contributed by atoms with Gasteiger partial charge in [-0.3, -0.25) is 0 Å². The zero-order valence-corrected chi connectivity index (χ0v) is 7.47. The number of pyridine rings is 1. The second-order valence-electron chi connectivity index (χ2n) is 2.79. The molecule has 12 heavy (non-hydrogen) atoms. The molecule has 0 atom stereocenters. The molecule has 2 aromatic rings. The molecule has 3 heteroatoms. The lowest BCUT2D eigenvalue weighted by molar-refractivity contribution is 1.19. The Kier molecular flexibility index (Phi) is 1.51. The van der Waals surface area contributed by atoms with Crippen LogP contribution in [0.5, 0.6) is 0 Å². The highest BCUT2D eigenvalue weighted by atomic mass is 35.5. The standard InChI is InChI=1S/C9H9ClN2/c1-6-8(11)7-4-2-3-5-12(7)9(6)10/h2-5H,11H2,1H3. The molecule has 0 aliphatic rings. The lowest BCUT2D eigenvalue weighted by Crippen LogP contribution is -1.85. The quantitative estimate of drug-likeness (QED) is 0.664. The van der Waals surface area contributed by atoms with Gasteiger partial charge in [-0.15, -0.1) is 0 Å². The Morgan fingerprint density at radius 3 is 2.83 bits per heavy atom. The third-order valence-corrected chi connectivity index (χ3v) is 2.53. The fourth-order valence-electron chi connectivity index (χ4n) is 1.32. The van der Waals surface area contributed by atoms with Gasteiger partial charge >= 0.3 is 0 Å². The zero-order chi connectivity index (χ0) is 8.72. The van der Waals surface area contributed by atoms with Crippen molar-refractivity contribution in [3.8, 4) is 0 Å². The van der Waals surface area contributed by atoms with Crippen LogP contribution in [-0.4, -0.2) is 4.40 Å². The molecule has 62 valence electrons. The van der Waals surface area contributed by atoms with Gasteiger partial charge in [0.15, 0.2) is 0 Å². The second-order valence-corrected chi connectivity index (χ2v) is 3.14. The number of fused-ring (bicyclic) bond motifs is 1. The van der Waals surface area contributed by atoms with Crippen LogP contribution in [0.1, 0.15) is 5.56 Å². The Morgan fingerprint density at radius 2 is 2.17 bits per heavy atom. The summed E-state index contributed by atoms with van der Waals surface area (Å²) in [7, 11) is 0. The van der Waals surface area contributed by atoms with Crippen molar-refractivity contribution in [3.05, 3.63) is 35.1 Å². The topological polar surface area (TPSA) is 30.4 Å². The van der Waals surface area contributed by atoms with E-state index in [0.717, 1.165) is 16.8 Å². The molecule has 0 aromatic carbocycles. The molecular weight excluding hydrogens is 172 g/mol. The molecule has 0 unspecified atom stereocenters. The first-order valence-corrected chi connectivity index (χ1v) is 4.10. The number of anilines is 1. The second kappa shape index (κ2) is 2.42. The van der Waals surface area contributed by atoms with E-state index in [0.29, 0.717) is 5.15 Å². The van der Waals surface area contributed by atoms with Gasteiger partial charge in [-0.2, -0.15) is 0 Å². The minimum atomic E-state index is 0.697. The Labute approximate surface area is 75.6 Å². The van der Waals surface area contributed by atoms with Crippen LogP contribution >= 0.6 is 11.6 Å². The largest absolute Gasteiger partial charge is 0.397 e. The van der Waals surface area contributed by atoms with Crippen LogP contribution in [0.2, 0.25) is 5.15 Å². The summed E-state index contributed by atoms with van der Waals surface area (Å²) in [6.45, 7) is 1.92. The smallest absolute Gasteiger partial charge is 0.118 e. The number of rotatable bonds is 0. The van der Waals surface area contributed by atoms with Gasteiger partial charge in [0.25, 0.3) is 0 Å². The lowest BCUT2D eigenvalue weighted by atomic mass is 10.3. The minimum Gasteiger partial charge on any atom is -0.397 e. The van der Waals surface area contributed by atoms with Gasteiger partial charge in [-0.05, 0) is 19.1 Å². The van der Waals surface area contributed by atoms with Crippen LogP contribution in [0.4, 0.5) is 5.69 Å². The predicted molar refractivity (Wildman–Crippen MR) is 51.6 cm³/mol. The maximum atomic E-state index is 6.03. The molecule has 2 nitrogen and oxygen atoms in total. The Balaban J connectivity index is 2.99. The van der Waals surface area contributed by atoms with Crippen LogP contribution in [0.3, 0.4) is 0 Å². The minimum absolute atomic E-state index is 0.697. The van der Waals surface area contributed by atoms with Crippen molar-refractivity contribution in [2.45, 2.75) is 6.92 Å². The van der Waals surface area contributed by atoms with E-state index in [4.69, 9.17) is 17.3 Å². The highest BCUT2D eigenvalue weighted by molar-refractivity contribution is 6.31. The van der Waals surface area contributed by atoms with Crippen LogP contribution in [0.25, 0.3) is 5.52 Å². The van der Waals surface area contributed by atoms with Gasteiger partial charge in [-0.1, -0.05) is 17.7 Å². The van der Waals surface area contributed by atoms with E-state index in [1.54, 1.807) is 0 Å². The average Bonchev–Trinajstić information content (AvgIpc) is 2.33. The van der Waals surface area contributed by atoms with Crippen LogP contribution < -0.4 is 5.73 Å². The maximum absolute atomic E-state index is 6.03. The van der Waals surface area contributed by atoms with Crippen molar-refractivity contribution in [2.75, 3.05) is 5.73 Å². The third-order valence-electron chi connectivity index (χ3n) is 2.06. The van der Waals surface area contributed by atoms with E-state index in [9.17, 15) is 0 Å².